The fourth-order valence-corrected chi connectivity index (χ4v) is 1.16. The molecule has 0 bridgehead atoms. The van der Waals surface area contributed by atoms with E-state index in [0.717, 1.165) is 0 Å². The van der Waals surface area contributed by atoms with Gasteiger partial charge in [-0.2, -0.15) is 0 Å². The summed E-state index contributed by atoms with van der Waals surface area (Å²) in [5.41, 5.74) is 5.60. The Bertz CT molecular complexity index is 237. The van der Waals surface area contributed by atoms with Crippen LogP contribution in [0.4, 0.5) is 10.1 Å². The number of nitrogen functional groups attached to an aromatic ring is 1. The van der Waals surface area contributed by atoms with E-state index in [2.05, 4.69) is 15.9 Å². The molecule has 1 rings (SSSR count). The molecule has 0 aliphatic rings. The zero-order chi connectivity index (χ0) is 7.72. The number of benzene rings is 1. The molecule has 0 saturated carbocycles. The first-order chi connectivity index (χ1) is 4.63. The van der Waals surface area contributed by atoms with Crippen molar-refractivity contribution in [2.24, 2.45) is 0 Å². The molecule has 0 aliphatic carbocycles. The van der Waals surface area contributed by atoms with Gasteiger partial charge < -0.3 is 5.73 Å². The Labute approximate surface area is 71.1 Å². The fourth-order valence-electron chi connectivity index (χ4n) is 0.543. The molecule has 0 fully saturated rings. The normalized spacial score (nSPS) is 9.90. The molecule has 1 nitrogen and oxygen atoms in total. The summed E-state index contributed by atoms with van der Waals surface area (Å²) in [6.07, 6.45) is 0. The van der Waals surface area contributed by atoms with Crippen LogP contribution in [-0.2, 0) is 0 Å². The van der Waals surface area contributed by atoms with Gasteiger partial charge >= 0.3 is 0 Å². The van der Waals surface area contributed by atoms with Crippen molar-refractivity contribution in [2.45, 2.75) is 0 Å². The van der Waals surface area contributed by atoms with E-state index >= 15 is 0 Å². The van der Waals surface area contributed by atoms with Crippen molar-refractivity contribution in [1.82, 2.24) is 0 Å². The molecular formula is C6H4BrClFN. The van der Waals surface area contributed by atoms with Crippen molar-refractivity contribution >= 4 is 33.2 Å². The Morgan fingerprint density at radius 2 is 2.10 bits per heavy atom. The van der Waals surface area contributed by atoms with Crippen molar-refractivity contribution in [3.63, 3.8) is 0 Å². The molecule has 54 valence electrons. The van der Waals surface area contributed by atoms with Gasteiger partial charge in [-0.05, 0) is 28.1 Å². The third kappa shape index (κ3) is 1.25. The topological polar surface area (TPSA) is 26.0 Å². The molecule has 0 aliphatic heterocycles. The van der Waals surface area contributed by atoms with Gasteiger partial charge in [-0.25, -0.2) is 4.39 Å². The van der Waals surface area contributed by atoms with Crippen LogP contribution in [0.2, 0.25) is 5.02 Å². The van der Waals surface area contributed by atoms with E-state index in [1.165, 1.54) is 12.1 Å². The average Bonchev–Trinajstić information content (AvgIpc) is 1.93. The fraction of sp³-hybridized carbons (Fsp3) is 0. The standard InChI is InChI=1S/C6H4BrClFN/c7-5-4(9)2-1-3(8)6(5)10/h1-2H,10H2. The number of halogens is 3. The van der Waals surface area contributed by atoms with E-state index in [0.29, 0.717) is 5.02 Å². The van der Waals surface area contributed by atoms with Gasteiger partial charge in [0.1, 0.15) is 5.82 Å². The third-order valence-electron chi connectivity index (χ3n) is 1.08. The van der Waals surface area contributed by atoms with Gasteiger partial charge in [0.2, 0.25) is 0 Å². The predicted octanol–water partition coefficient (Wildman–Crippen LogP) is 2.82. The Morgan fingerprint density at radius 3 is 2.60 bits per heavy atom. The van der Waals surface area contributed by atoms with Gasteiger partial charge in [-0.3, -0.25) is 0 Å². The Morgan fingerprint density at radius 1 is 1.50 bits per heavy atom. The maximum atomic E-state index is 12.6. The molecule has 0 amide bonds. The minimum absolute atomic E-state index is 0.222. The predicted molar refractivity (Wildman–Crippen MR) is 43.5 cm³/mol. The molecule has 0 saturated heterocycles. The van der Waals surface area contributed by atoms with Crippen molar-refractivity contribution in [1.29, 1.82) is 0 Å². The second-order valence-corrected chi connectivity index (χ2v) is 2.96. The van der Waals surface area contributed by atoms with E-state index in [4.69, 9.17) is 17.3 Å². The zero-order valence-electron chi connectivity index (χ0n) is 4.87. The zero-order valence-corrected chi connectivity index (χ0v) is 7.21. The first-order valence-electron chi connectivity index (χ1n) is 2.52. The van der Waals surface area contributed by atoms with Crippen molar-refractivity contribution in [3.8, 4) is 0 Å². The van der Waals surface area contributed by atoms with Crippen LogP contribution in [0.3, 0.4) is 0 Å². The quantitative estimate of drug-likeness (QED) is 0.532. The number of hydrogen-bond donors (Lipinski definition) is 1. The molecule has 1 aromatic rings. The maximum Gasteiger partial charge on any atom is 0.139 e. The summed E-state index contributed by atoms with van der Waals surface area (Å²) in [7, 11) is 0. The van der Waals surface area contributed by atoms with Gasteiger partial charge in [0, 0.05) is 0 Å². The van der Waals surface area contributed by atoms with Gasteiger partial charge in [0.05, 0.1) is 15.2 Å². The minimum Gasteiger partial charge on any atom is -0.397 e. The summed E-state index contributed by atoms with van der Waals surface area (Å²) in [5, 5.41) is 0.355. The highest BCUT2D eigenvalue weighted by Crippen LogP contribution is 2.29. The highest BCUT2D eigenvalue weighted by Gasteiger charge is 2.05. The Hall–Kier alpha value is -0.280. The van der Waals surface area contributed by atoms with Crippen LogP contribution in [-0.4, -0.2) is 0 Å². The Balaban J connectivity index is 3.34. The van der Waals surface area contributed by atoms with Crippen molar-refractivity contribution in [3.05, 3.63) is 27.4 Å². The van der Waals surface area contributed by atoms with Crippen LogP contribution in [0.1, 0.15) is 0 Å². The van der Waals surface area contributed by atoms with Crippen LogP contribution < -0.4 is 5.73 Å². The molecule has 0 atom stereocenters. The number of nitrogens with two attached hydrogens (primary N) is 1. The lowest BCUT2D eigenvalue weighted by atomic mass is 10.3. The average molecular weight is 224 g/mol. The molecule has 2 N–H and O–H groups in total. The highest BCUT2D eigenvalue weighted by molar-refractivity contribution is 9.10. The number of hydrogen-bond acceptors (Lipinski definition) is 1. The molecule has 0 spiro atoms. The number of anilines is 1. The van der Waals surface area contributed by atoms with Crippen LogP contribution in [0.5, 0.6) is 0 Å². The van der Waals surface area contributed by atoms with E-state index < -0.39 is 5.82 Å². The van der Waals surface area contributed by atoms with Gasteiger partial charge in [0.15, 0.2) is 0 Å². The van der Waals surface area contributed by atoms with Crippen LogP contribution in [0, 0.1) is 5.82 Å². The first kappa shape index (κ1) is 7.82. The summed E-state index contributed by atoms with van der Waals surface area (Å²) < 4.78 is 12.8. The van der Waals surface area contributed by atoms with Crippen molar-refractivity contribution < 1.29 is 4.39 Å². The summed E-state index contributed by atoms with van der Waals surface area (Å²) >= 11 is 8.51. The molecule has 0 heterocycles. The van der Waals surface area contributed by atoms with E-state index in [-0.39, 0.29) is 10.2 Å². The SMILES string of the molecule is Nc1c(Cl)ccc(F)c1Br. The largest absolute Gasteiger partial charge is 0.397 e. The molecule has 1 aromatic carbocycles. The third-order valence-corrected chi connectivity index (χ3v) is 2.21. The molecule has 0 unspecified atom stereocenters. The van der Waals surface area contributed by atoms with Crippen LogP contribution in [0.25, 0.3) is 0 Å². The Kier molecular flexibility index (Phi) is 2.16. The monoisotopic (exact) mass is 223 g/mol. The second kappa shape index (κ2) is 2.76. The van der Waals surface area contributed by atoms with Crippen LogP contribution in [0.15, 0.2) is 16.6 Å². The highest BCUT2D eigenvalue weighted by atomic mass is 79.9. The molecule has 0 aromatic heterocycles. The van der Waals surface area contributed by atoms with Gasteiger partial charge in [-0.15, -0.1) is 0 Å². The number of rotatable bonds is 0. The lowest BCUT2D eigenvalue weighted by molar-refractivity contribution is 0.622. The summed E-state index contributed by atoms with van der Waals surface area (Å²) in [5.74, 6) is -0.401. The summed E-state index contributed by atoms with van der Waals surface area (Å²) in [4.78, 5) is 0. The molecule has 4 heteroatoms. The van der Waals surface area contributed by atoms with E-state index in [1.54, 1.807) is 0 Å². The smallest absolute Gasteiger partial charge is 0.139 e. The first-order valence-corrected chi connectivity index (χ1v) is 3.69. The van der Waals surface area contributed by atoms with E-state index in [9.17, 15) is 4.39 Å². The lowest BCUT2D eigenvalue weighted by Gasteiger charge is -2.00. The summed E-state index contributed by atoms with van der Waals surface area (Å²) in [6, 6.07) is 2.67. The van der Waals surface area contributed by atoms with Crippen LogP contribution >= 0.6 is 27.5 Å². The maximum absolute atomic E-state index is 12.6. The van der Waals surface area contributed by atoms with E-state index in [1.807, 2.05) is 0 Å². The molecule has 0 radical (unpaired) electrons. The minimum atomic E-state index is -0.401. The van der Waals surface area contributed by atoms with Crippen molar-refractivity contribution in [2.75, 3.05) is 5.73 Å². The van der Waals surface area contributed by atoms with Gasteiger partial charge in [-0.1, -0.05) is 11.6 Å². The molecule has 10 heavy (non-hydrogen) atoms. The molecular weight excluding hydrogens is 220 g/mol. The van der Waals surface area contributed by atoms with Gasteiger partial charge in [0.25, 0.3) is 0 Å². The second-order valence-electron chi connectivity index (χ2n) is 1.76. The summed E-state index contributed by atoms with van der Waals surface area (Å²) in [6.45, 7) is 0. The lowest BCUT2D eigenvalue weighted by Crippen LogP contribution is -1.90.